The van der Waals surface area contributed by atoms with Crippen molar-refractivity contribution >= 4 is 22.8 Å². The lowest BCUT2D eigenvalue weighted by atomic mass is 9.95. The molecule has 5 heterocycles. The van der Waals surface area contributed by atoms with Gasteiger partial charge in [-0.05, 0) is 24.6 Å². The van der Waals surface area contributed by atoms with Gasteiger partial charge in [0.25, 0.3) is 6.43 Å². The van der Waals surface area contributed by atoms with E-state index in [0.29, 0.717) is 48.6 Å². The number of amides is 2. The summed E-state index contributed by atoms with van der Waals surface area (Å²) in [6, 6.07) is 3.76. The van der Waals surface area contributed by atoms with Gasteiger partial charge >= 0.3 is 6.03 Å². The number of ether oxygens (including phenoxy) is 3. The van der Waals surface area contributed by atoms with Crippen molar-refractivity contribution in [3.63, 3.8) is 0 Å². The number of nitrogens with zero attached hydrogens (tertiary/aromatic N) is 3. The normalized spacial score (nSPS) is 22.6. The van der Waals surface area contributed by atoms with Crippen LogP contribution in [0.1, 0.15) is 36.6 Å². The first-order chi connectivity index (χ1) is 16.4. The zero-order valence-electron chi connectivity index (χ0n) is 18.6. The molecule has 0 radical (unpaired) electrons. The number of nitrogens with two attached hydrogens (primary N) is 1. The van der Waals surface area contributed by atoms with Gasteiger partial charge in [0.15, 0.2) is 0 Å². The van der Waals surface area contributed by atoms with Gasteiger partial charge in [-0.15, -0.1) is 0 Å². The maximum atomic E-state index is 13.9. The Morgan fingerprint density at radius 3 is 2.82 bits per heavy atom. The van der Waals surface area contributed by atoms with Gasteiger partial charge in [-0.1, -0.05) is 0 Å². The molecule has 3 aromatic rings. The summed E-state index contributed by atoms with van der Waals surface area (Å²) in [6.07, 6.45) is 2.14. The van der Waals surface area contributed by atoms with Gasteiger partial charge in [0.1, 0.15) is 11.4 Å². The van der Waals surface area contributed by atoms with Crippen LogP contribution in [0.25, 0.3) is 22.2 Å². The number of anilines is 1. The Kier molecular flexibility index (Phi) is 5.92. The third-order valence-electron chi connectivity index (χ3n) is 6.49. The van der Waals surface area contributed by atoms with Crippen LogP contribution in [-0.4, -0.2) is 54.1 Å². The van der Waals surface area contributed by atoms with Crippen molar-refractivity contribution in [1.82, 2.24) is 14.5 Å². The first-order valence-electron chi connectivity index (χ1n) is 11.0. The minimum absolute atomic E-state index is 0.0688. The molecule has 0 spiro atoms. The van der Waals surface area contributed by atoms with E-state index in [1.54, 1.807) is 12.3 Å². The third-order valence-corrected chi connectivity index (χ3v) is 6.49. The van der Waals surface area contributed by atoms with Crippen LogP contribution in [0.15, 0.2) is 30.6 Å². The molecule has 1 unspecified atom stereocenters. The van der Waals surface area contributed by atoms with E-state index in [2.05, 4.69) is 10.3 Å². The van der Waals surface area contributed by atoms with Crippen LogP contribution in [0, 0.1) is 0 Å². The second-order valence-corrected chi connectivity index (χ2v) is 8.52. The third kappa shape index (κ3) is 3.99. The number of fused-ring (bicyclic) bond motifs is 1. The van der Waals surface area contributed by atoms with E-state index in [-0.39, 0.29) is 24.0 Å². The molecule has 2 amide bonds. The van der Waals surface area contributed by atoms with Gasteiger partial charge in [0.05, 0.1) is 42.4 Å². The van der Waals surface area contributed by atoms with Crippen molar-refractivity contribution < 1.29 is 27.8 Å². The lowest BCUT2D eigenvalue weighted by Crippen LogP contribution is -2.30. The Bertz CT molecular complexity index is 1220. The van der Waals surface area contributed by atoms with Crippen molar-refractivity contribution in [1.29, 1.82) is 0 Å². The van der Waals surface area contributed by atoms with Gasteiger partial charge in [0, 0.05) is 49.5 Å². The molecular weight excluding hydrogens is 448 g/mol. The molecule has 2 atom stereocenters. The maximum absolute atomic E-state index is 13.9. The van der Waals surface area contributed by atoms with Gasteiger partial charge in [-0.3, -0.25) is 5.32 Å². The average molecular weight is 473 g/mol. The summed E-state index contributed by atoms with van der Waals surface area (Å²) in [5.74, 6) is 0.254. The largest absolute Gasteiger partial charge is 0.379 e. The number of aromatic nitrogens is 3. The van der Waals surface area contributed by atoms with Crippen LogP contribution in [0.3, 0.4) is 0 Å². The number of methoxy groups -OCH3 is 1. The number of pyridine rings is 2. The van der Waals surface area contributed by atoms with Gasteiger partial charge in [0.2, 0.25) is 0 Å². The highest BCUT2D eigenvalue weighted by molar-refractivity contribution is 5.98. The molecular formula is C23H25F2N5O4. The van der Waals surface area contributed by atoms with E-state index in [1.807, 2.05) is 10.8 Å². The Balaban J connectivity index is 1.71. The van der Waals surface area contributed by atoms with E-state index >= 15 is 0 Å². The predicted octanol–water partition coefficient (Wildman–Crippen LogP) is 3.75. The number of carbonyl (C=O) groups excluding carboxylic acids is 1. The molecule has 0 bridgehead atoms. The Morgan fingerprint density at radius 1 is 1.32 bits per heavy atom. The number of urea groups is 1. The first-order valence-corrected chi connectivity index (χ1v) is 11.0. The number of nitrogens with one attached hydrogen (secondary N) is 1. The number of halogens is 2. The summed E-state index contributed by atoms with van der Waals surface area (Å²) in [6.45, 7) is 1.86. The van der Waals surface area contributed by atoms with Crippen LogP contribution in [0.5, 0.6) is 0 Å². The number of primary amides is 1. The van der Waals surface area contributed by atoms with E-state index in [0.717, 1.165) is 11.9 Å². The molecule has 180 valence electrons. The SMILES string of the molecule is CO[C@@]1(c2cc(C(F)F)cc(-c3cn(C4CCOC4)c4cnc(NC(N)=O)cc34)n2)CCOC1. The fraction of sp³-hybridized carbons (Fsp3) is 0.435. The second kappa shape index (κ2) is 8.90. The minimum atomic E-state index is -2.69. The monoisotopic (exact) mass is 473 g/mol. The highest BCUT2D eigenvalue weighted by Gasteiger charge is 2.39. The summed E-state index contributed by atoms with van der Waals surface area (Å²) < 4.78 is 46.7. The molecule has 2 aliphatic heterocycles. The molecule has 3 aromatic heterocycles. The zero-order chi connectivity index (χ0) is 23.9. The molecule has 9 nitrogen and oxygen atoms in total. The molecule has 5 rings (SSSR count). The van der Waals surface area contributed by atoms with Gasteiger partial charge in [-0.2, -0.15) is 0 Å². The van der Waals surface area contributed by atoms with Crippen LogP contribution < -0.4 is 11.1 Å². The fourth-order valence-electron chi connectivity index (χ4n) is 4.65. The van der Waals surface area contributed by atoms with E-state index < -0.39 is 18.1 Å². The fourth-order valence-corrected chi connectivity index (χ4v) is 4.65. The van der Waals surface area contributed by atoms with Crippen molar-refractivity contribution in [3.05, 3.63) is 41.9 Å². The summed E-state index contributed by atoms with van der Waals surface area (Å²) in [4.78, 5) is 20.4. The van der Waals surface area contributed by atoms with Crippen LogP contribution >= 0.6 is 0 Å². The van der Waals surface area contributed by atoms with Crippen molar-refractivity contribution in [3.8, 4) is 11.3 Å². The summed E-state index contributed by atoms with van der Waals surface area (Å²) in [5, 5.41) is 3.17. The van der Waals surface area contributed by atoms with Crippen LogP contribution in [-0.2, 0) is 19.8 Å². The molecule has 11 heteroatoms. The lowest BCUT2D eigenvalue weighted by Gasteiger charge is -2.26. The number of carbonyl (C=O) groups is 1. The van der Waals surface area contributed by atoms with Gasteiger partial charge < -0.3 is 24.5 Å². The molecule has 0 aliphatic carbocycles. The standard InChI is InChI=1S/C23H25F2N5O4/c1-32-23(3-5-34-12-23)19-7-13(21(24)25)6-17(28-19)16-10-30(14-2-4-33-11-14)18-9-27-20(8-15(16)18)29-22(26)31/h6-10,14,21H,2-5,11-12H2,1H3,(H3,26,27,29,31)/t14?,23-/m0/s1. The summed E-state index contributed by atoms with van der Waals surface area (Å²) in [5.41, 5.74) is 6.39. The zero-order valence-corrected chi connectivity index (χ0v) is 18.6. The van der Waals surface area contributed by atoms with Crippen LogP contribution in [0.4, 0.5) is 19.4 Å². The second-order valence-electron chi connectivity index (χ2n) is 8.52. The van der Waals surface area contributed by atoms with Crippen molar-refractivity contribution in [2.24, 2.45) is 5.73 Å². The summed E-state index contributed by atoms with van der Waals surface area (Å²) >= 11 is 0. The number of alkyl halides is 2. The van der Waals surface area contributed by atoms with E-state index in [4.69, 9.17) is 24.9 Å². The molecule has 0 aromatic carbocycles. The molecule has 2 saturated heterocycles. The molecule has 2 aliphatic rings. The van der Waals surface area contributed by atoms with E-state index in [1.165, 1.54) is 19.2 Å². The summed E-state index contributed by atoms with van der Waals surface area (Å²) in [7, 11) is 1.53. The highest BCUT2D eigenvalue weighted by atomic mass is 19.3. The Morgan fingerprint density at radius 2 is 2.18 bits per heavy atom. The molecule has 3 N–H and O–H groups in total. The predicted molar refractivity (Wildman–Crippen MR) is 120 cm³/mol. The van der Waals surface area contributed by atoms with Crippen molar-refractivity contribution in [2.45, 2.75) is 30.9 Å². The molecule has 34 heavy (non-hydrogen) atoms. The van der Waals surface area contributed by atoms with Crippen molar-refractivity contribution in [2.75, 3.05) is 38.9 Å². The Hall–Kier alpha value is -3.15. The Labute approximate surface area is 194 Å². The number of rotatable bonds is 6. The first kappa shape index (κ1) is 22.6. The van der Waals surface area contributed by atoms with Gasteiger partial charge in [-0.25, -0.2) is 23.5 Å². The smallest absolute Gasteiger partial charge is 0.317 e. The minimum Gasteiger partial charge on any atom is -0.379 e. The quantitative estimate of drug-likeness (QED) is 0.564. The number of hydrogen-bond acceptors (Lipinski definition) is 6. The molecule has 0 saturated carbocycles. The van der Waals surface area contributed by atoms with E-state index in [9.17, 15) is 13.6 Å². The highest BCUT2D eigenvalue weighted by Crippen LogP contribution is 2.39. The lowest BCUT2D eigenvalue weighted by molar-refractivity contribution is -0.0247. The van der Waals surface area contributed by atoms with Crippen LogP contribution in [0.2, 0.25) is 0 Å². The number of hydrogen-bond donors (Lipinski definition) is 2. The molecule has 2 fully saturated rings. The maximum Gasteiger partial charge on any atom is 0.317 e. The average Bonchev–Trinajstić information content (AvgIpc) is 3.58. The topological polar surface area (TPSA) is 114 Å².